The number of alkyl carbamates (subject to hydrolysis) is 1. The van der Waals surface area contributed by atoms with Crippen LogP contribution in [0.5, 0.6) is 0 Å². The third kappa shape index (κ3) is 8.06. The lowest BCUT2D eigenvalue weighted by Gasteiger charge is -2.26. The van der Waals surface area contributed by atoms with E-state index in [-0.39, 0.29) is 6.42 Å². The van der Waals surface area contributed by atoms with Crippen LogP contribution in [0.15, 0.2) is 18.2 Å². The Hall–Kier alpha value is -2.64. The maximum Gasteiger partial charge on any atom is 0.408 e. The molecule has 0 heterocycles. The number of rotatable bonds is 5. The minimum atomic E-state index is -1.39. The number of nitrogens with one attached hydrogen (secondary N) is 1. The third-order valence-electron chi connectivity index (χ3n) is 3.09. The monoisotopic (exact) mass is 383 g/mol. The topological polar surface area (TPSA) is 102 Å². The van der Waals surface area contributed by atoms with E-state index in [1.807, 2.05) is 0 Å². The molecule has 1 amide bonds. The van der Waals surface area contributed by atoms with E-state index in [1.54, 1.807) is 41.5 Å². The Morgan fingerprint density at radius 3 is 2.07 bits per heavy atom. The molecule has 1 aromatic carbocycles. The Morgan fingerprint density at radius 2 is 1.63 bits per heavy atom. The Kier molecular flexibility index (Phi) is 6.94. The van der Waals surface area contributed by atoms with E-state index < -0.39 is 46.7 Å². The molecule has 1 aromatic rings. The second kappa shape index (κ2) is 8.37. The first-order valence-corrected chi connectivity index (χ1v) is 8.42. The Bertz CT molecular complexity index is 718. The lowest BCUT2D eigenvalue weighted by molar-refractivity contribution is -0.157. The first-order chi connectivity index (χ1) is 12.2. The van der Waals surface area contributed by atoms with Gasteiger partial charge < -0.3 is 19.9 Å². The van der Waals surface area contributed by atoms with Gasteiger partial charge in [-0.2, -0.15) is 0 Å². The van der Waals surface area contributed by atoms with Gasteiger partial charge in [-0.05, 0) is 59.2 Å². The van der Waals surface area contributed by atoms with Gasteiger partial charge in [0.1, 0.15) is 23.1 Å². The summed E-state index contributed by atoms with van der Waals surface area (Å²) in [6, 6.07) is 2.36. The maximum atomic E-state index is 13.9. The molecule has 0 saturated carbocycles. The van der Waals surface area contributed by atoms with Crippen LogP contribution in [-0.4, -0.2) is 40.4 Å². The van der Waals surface area contributed by atoms with Crippen LogP contribution in [0.1, 0.15) is 57.5 Å². The molecule has 1 rings (SSSR count). The van der Waals surface area contributed by atoms with Crippen LogP contribution < -0.4 is 5.32 Å². The molecule has 2 N–H and O–H groups in total. The molecular formula is C19H26FNO6. The van der Waals surface area contributed by atoms with Crippen LogP contribution in [0, 0.1) is 5.82 Å². The van der Waals surface area contributed by atoms with E-state index in [9.17, 15) is 18.8 Å². The van der Waals surface area contributed by atoms with Crippen molar-refractivity contribution in [3.63, 3.8) is 0 Å². The van der Waals surface area contributed by atoms with E-state index in [4.69, 9.17) is 14.6 Å². The van der Waals surface area contributed by atoms with Gasteiger partial charge in [-0.3, -0.25) is 0 Å². The molecule has 150 valence electrons. The van der Waals surface area contributed by atoms with Crippen molar-refractivity contribution in [2.75, 3.05) is 0 Å². The Labute approximate surface area is 157 Å². The highest BCUT2D eigenvalue weighted by Gasteiger charge is 2.29. The van der Waals surface area contributed by atoms with Gasteiger partial charge in [0, 0.05) is 6.42 Å². The van der Waals surface area contributed by atoms with E-state index in [0.717, 1.165) is 12.1 Å². The number of carboxylic acid groups (broad SMARTS) is 1. The van der Waals surface area contributed by atoms with Gasteiger partial charge in [0.05, 0.1) is 5.56 Å². The molecule has 0 unspecified atom stereocenters. The highest BCUT2D eigenvalue weighted by Crippen LogP contribution is 2.16. The first kappa shape index (κ1) is 22.4. The zero-order valence-corrected chi connectivity index (χ0v) is 16.4. The van der Waals surface area contributed by atoms with Gasteiger partial charge in [0.25, 0.3) is 0 Å². The van der Waals surface area contributed by atoms with Gasteiger partial charge in [-0.25, -0.2) is 18.8 Å². The summed E-state index contributed by atoms with van der Waals surface area (Å²) in [4.78, 5) is 35.4. The van der Waals surface area contributed by atoms with Crippen molar-refractivity contribution >= 4 is 18.0 Å². The quantitative estimate of drug-likeness (QED) is 0.757. The molecule has 27 heavy (non-hydrogen) atoms. The molecule has 0 aromatic heterocycles. The number of carbonyl (C=O) groups is 3. The lowest BCUT2D eigenvalue weighted by atomic mass is 10.0. The third-order valence-corrected chi connectivity index (χ3v) is 3.09. The molecule has 0 fully saturated rings. The summed E-state index contributed by atoms with van der Waals surface area (Å²) in [5, 5.41) is 11.3. The first-order valence-electron chi connectivity index (χ1n) is 8.42. The van der Waals surface area contributed by atoms with Gasteiger partial charge >= 0.3 is 18.0 Å². The summed E-state index contributed by atoms with van der Waals surface area (Å²) < 4.78 is 24.3. The zero-order valence-electron chi connectivity index (χ0n) is 16.4. The molecule has 0 aliphatic heterocycles. The fourth-order valence-electron chi connectivity index (χ4n) is 2.11. The Balaban J connectivity index is 3.03. The number of esters is 1. The minimum absolute atomic E-state index is 0.0923. The smallest absolute Gasteiger partial charge is 0.408 e. The molecule has 0 saturated heterocycles. The number of hydrogen-bond acceptors (Lipinski definition) is 5. The van der Waals surface area contributed by atoms with Crippen LogP contribution in [0.2, 0.25) is 0 Å². The lowest BCUT2D eigenvalue weighted by Crippen LogP contribution is -2.47. The largest absolute Gasteiger partial charge is 0.478 e. The summed E-state index contributed by atoms with van der Waals surface area (Å²) in [5.74, 6) is -3.04. The molecule has 8 heteroatoms. The van der Waals surface area contributed by atoms with E-state index >= 15 is 0 Å². The highest BCUT2D eigenvalue weighted by atomic mass is 19.1. The molecule has 0 aliphatic carbocycles. The average Bonchev–Trinajstić information content (AvgIpc) is 2.42. The second-order valence-electron chi connectivity index (χ2n) is 8.06. The SMILES string of the molecule is CC(C)(C)OC(=O)N[C@@H](Cc1ccc(C(=O)O)c(F)c1)C(=O)OC(C)(C)C. The van der Waals surface area contributed by atoms with E-state index in [2.05, 4.69) is 5.32 Å². The fourth-order valence-corrected chi connectivity index (χ4v) is 2.11. The van der Waals surface area contributed by atoms with Gasteiger partial charge in [-0.1, -0.05) is 6.07 Å². The van der Waals surface area contributed by atoms with Crippen molar-refractivity contribution in [2.24, 2.45) is 0 Å². The number of hydrogen-bond donors (Lipinski definition) is 2. The summed E-state index contributed by atoms with van der Waals surface area (Å²) in [6.07, 6.45) is -0.911. The fraction of sp³-hybridized carbons (Fsp3) is 0.526. The van der Waals surface area contributed by atoms with Gasteiger partial charge in [0.15, 0.2) is 0 Å². The molecular weight excluding hydrogens is 357 g/mol. The number of halogens is 1. The Morgan fingerprint density at radius 1 is 1.07 bits per heavy atom. The minimum Gasteiger partial charge on any atom is -0.478 e. The zero-order chi connectivity index (χ0) is 21.0. The molecule has 0 bridgehead atoms. The normalized spacial score (nSPS) is 12.9. The summed E-state index contributed by atoms with van der Waals surface area (Å²) >= 11 is 0. The van der Waals surface area contributed by atoms with E-state index in [1.165, 1.54) is 6.07 Å². The highest BCUT2D eigenvalue weighted by molar-refractivity contribution is 5.88. The molecule has 0 aliphatic rings. The molecule has 1 atom stereocenters. The van der Waals surface area contributed by atoms with Crippen molar-refractivity contribution in [3.8, 4) is 0 Å². The molecule has 0 spiro atoms. The number of amides is 1. The second-order valence-corrected chi connectivity index (χ2v) is 8.06. The van der Waals surface area contributed by atoms with Crippen molar-refractivity contribution < 1.29 is 33.4 Å². The number of ether oxygens (including phenoxy) is 2. The van der Waals surface area contributed by atoms with Crippen LogP contribution in [0.4, 0.5) is 9.18 Å². The molecule has 0 radical (unpaired) electrons. The average molecular weight is 383 g/mol. The van der Waals surface area contributed by atoms with Crippen LogP contribution in [-0.2, 0) is 20.7 Å². The standard InChI is InChI=1S/C19H26FNO6/c1-18(2,3)26-16(24)14(21-17(25)27-19(4,5)6)10-11-7-8-12(15(22)23)13(20)9-11/h7-9,14H,10H2,1-6H3,(H,21,25)(H,22,23)/t14-/m0/s1. The van der Waals surface area contributed by atoms with Crippen molar-refractivity contribution in [2.45, 2.75) is 65.2 Å². The maximum absolute atomic E-state index is 13.9. The number of carboxylic acids is 1. The van der Waals surface area contributed by atoms with Crippen molar-refractivity contribution in [1.29, 1.82) is 0 Å². The predicted octanol–water partition coefficient (Wildman–Crippen LogP) is 3.30. The van der Waals surface area contributed by atoms with Crippen LogP contribution >= 0.6 is 0 Å². The van der Waals surface area contributed by atoms with Gasteiger partial charge in [0.2, 0.25) is 0 Å². The van der Waals surface area contributed by atoms with Crippen LogP contribution in [0.3, 0.4) is 0 Å². The van der Waals surface area contributed by atoms with Crippen molar-refractivity contribution in [3.05, 3.63) is 35.1 Å². The summed E-state index contributed by atoms with van der Waals surface area (Å²) in [6.45, 7) is 10.1. The summed E-state index contributed by atoms with van der Waals surface area (Å²) in [7, 11) is 0. The number of aromatic carboxylic acids is 1. The summed E-state index contributed by atoms with van der Waals surface area (Å²) in [5.41, 5.74) is -1.71. The van der Waals surface area contributed by atoms with Crippen molar-refractivity contribution in [1.82, 2.24) is 5.32 Å². The van der Waals surface area contributed by atoms with Crippen LogP contribution in [0.25, 0.3) is 0 Å². The molecule has 7 nitrogen and oxygen atoms in total. The van der Waals surface area contributed by atoms with E-state index in [0.29, 0.717) is 5.56 Å². The van der Waals surface area contributed by atoms with Gasteiger partial charge in [-0.15, -0.1) is 0 Å². The predicted molar refractivity (Wildman–Crippen MR) is 96.1 cm³/mol. The number of benzene rings is 1. The number of carbonyl (C=O) groups excluding carboxylic acids is 2.